The van der Waals surface area contributed by atoms with Crippen molar-refractivity contribution in [1.29, 1.82) is 0 Å². The van der Waals surface area contributed by atoms with Crippen molar-refractivity contribution in [3.8, 4) is 62.1 Å². The molecular formula is C55H34N4O. The van der Waals surface area contributed by atoms with Gasteiger partial charge in [0.2, 0.25) is 0 Å². The first-order valence-electron chi connectivity index (χ1n) is 20.2. The summed E-state index contributed by atoms with van der Waals surface area (Å²) in [6, 6.07) is 72.3. The second-order valence-electron chi connectivity index (χ2n) is 15.2. The Hall–Kier alpha value is -8.15. The van der Waals surface area contributed by atoms with Crippen LogP contribution in [0.1, 0.15) is 0 Å². The molecule has 3 aromatic heterocycles. The molecule has 0 unspecified atom stereocenters. The van der Waals surface area contributed by atoms with Crippen LogP contribution < -0.4 is 0 Å². The first-order chi connectivity index (χ1) is 29.7. The number of hydrogen-bond donors (Lipinski definition) is 0. The highest BCUT2D eigenvalue weighted by Gasteiger charge is 2.22. The molecule has 0 bridgehead atoms. The first kappa shape index (κ1) is 33.9. The fraction of sp³-hybridized carbons (Fsp3) is 0. The van der Waals surface area contributed by atoms with Crippen LogP contribution in [0.4, 0.5) is 0 Å². The molecule has 12 aromatic rings. The number of hydrogen-bond acceptors (Lipinski definition) is 4. The molecule has 0 aliphatic rings. The van der Waals surface area contributed by atoms with Gasteiger partial charge in [-0.05, 0) is 57.8 Å². The van der Waals surface area contributed by atoms with Crippen molar-refractivity contribution in [3.05, 3.63) is 206 Å². The second kappa shape index (κ2) is 13.8. The summed E-state index contributed by atoms with van der Waals surface area (Å²) >= 11 is 0. The summed E-state index contributed by atoms with van der Waals surface area (Å²) in [4.78, 5) is 14.9. The Balaban J connectivity index is 1.07. The van der Waals surface area contributed by atoms with Gasteiger partial charge in [0.1, 0.15) is 5.58 Å². The minimum Gasteiger partial charge on any atom is -0.454 e. The fourth-order valence-electron chi connectivity index (χ4n) is 8.74. The normalized spacial score (nSPS) is 11.7. The highest BCUT2D eigenvalue weighted by atomic mass is 16.3. The van der Waals surface area contributed by atoms with Crippen molar-refractivity contribution >= 4 is 54.5 Å². The largest absolute Gasteiger partial charge is 0.454 e. The third-order valence-corrected chi connectivity index (χ3v) is 11.6. The summed E-state index contributed by atoms with van der Waals surface area (Å²) in [6.07, 6.45) is 0. The van der Waals surface area contributed by atoms with Gasteiger partial charge in [-0.2, -0.15) is 0 Å². The van der Waals surface area contributed by atoms with E-state index in [0.717, 1.165) is 66.5 Å². The van der Waals surface area contributed by atoms with Crippen LogP contribution in [0.5, 0.6) is 0 Å². The molecule has 0 saturated heterocycles. The topological polar surface area (TPSA) is 56.7 Å². The van der Waals surface area contributed by atoms with Gasteiger partial charge in [-0.25, -0.2) is 15.0 Å². The van der Waals surface area contributed by atoms with Gasteiger partial charge in [0.25, 0.3) is 0 Å². The monoisotopic (exact) mass is 766 g/mol. The lowest BCUT2D eigenvalue weighted by Crippen LogP contribution is -2.00. The molecule has 0 N–H and O–H groups in total. The molecule has 5 heteroatoms. The van der Waals surface area contributed by atoms with Crippen LogP contribution >= 0.6 is 0 Å². The number of fused-ring (bicyclic) bond motifs is 7. The number of aromatic nitrogens is 4. The quantitative estimate of drug-likeness (QED) is 0.169. The molecule has 0 saturated carbocycles. The third kappa shape index (κ3) is 5.59. The number of para-hydroxylation sites is 2. The van der Waals surface area contributed by atoms with Crippen LogP contribution in [0, 0.1) is 0 Å². The molecule has 9 aromatic carbocycles. The highest BCUT2D eigenvalue weighted by molar-refractivity contribution is 6.18. The highest BCUT2D eigenvalue weighted by Crippen LogP contribution is 2.43. The lowest BCUT2D eigenvalue weighted by atomic mass is 9.98. The number of rotatable bonds is 6. The number of nitrogens with zero attached hydrogens (tertiary/aromatic N) is 4. The maximum Gasteiger partial charge on any atom is 0.164 e. The van der Waals surface area contributed by atoms with Crippen molar-refractivity contribution in [3.63, 3.8) is 0 Å². The maximum atomic E-state index is 7.00. The Morgan fingerprint density at radius 2 is 0.883 bits per heavy atom. The molecule has 0 spiro atoms. The average molecular weight is 767 g/mol. The predicted octanol–water partition coefficient (Wildman–Crippen LogP) is 14.4. The van der Waals surface area contributed by atoms with E-state index in [1.54, 1.807) is 0 Å². The van der Waals surface area contributed by atoms with E-state index in [2.05, 4.69) is 150 Å². The molecule has 0 aliphatic carbocycles. The zero-order valence-corrected chi connectivity index (χ0v) is 32.3. The minimum absolute atomic E-state index is 0.586. The smallest absolute Gasteiger partial charge is 0.164 e. The number of benzene rings is 9. The van der Waals surface area contributed by atoms with E-state index in [1.807, 2.05) is 60.7 Å². The van der Waals surface area contributed by atoms with Gasteiger partial charge >= 0.3 is 0 Å². The van der Waals surface area contributed by atoms with E-state index < -0.39 is 0 Å². The molecule has 280 valence electrons. The Labute approximate surface area is 345 Å². The Morgan fingerprint density at radius 1 is 0.350 bits per heavy atom. The van der Waals surface area contributed by atoms with E-state index >= 15 is 0 Å². The SMILES string of the molecule is c1ccc(-c2ccc(-c3cccc4c5cc6ccccc6cc5n(-c5cccc6c5oc5cc(-c7nc(-c8ccccc8)nc(-c8ccccc8)n7)ccc56)c34)cc2)cc1. The van der Waals surface area contributed by atoms with Crippen LogP contribution in [0.25, 0.3) is 117 Å². The zero-order chi connectivity index (χ0) is 39.6. The zero-order valence-electron chi connectivity index (χ0n) is 32.3. The molecule has 5 nitrogen and oxygen atoms in total. The number of furan rings is 1. The molecule has 0 aliphatic heterocycles. The van der Waals surface area contributed by atoms with Gasteiger partial charge in [-0.3, -0.25) is 0 Å². The first-order valence-corrected chi connectivity index (χ1v) is 20.2. The van der Waals surface area contributed by atoms with Crippen LogP contribution in [-0.2, 0) is 0 Å². The van der Waals surface area contributed by atoms with Crippen molar-refractivity contribution in [2.24, 2.45) is 0 Å². The van der Waals surface area contributed by atoms with E-state index in [0.29, 0.717) is 17.5 Å². The van der Waals surface area contributed by atoms with E-state index in [-0.39, 0.29) is 0 Å². The van der Waals surface area contributed by atoms with Crippen LogP contribution in [0.15, 0.2) is 211 Å². The van der Waals surface area contributed by atoms with Crippen molar-refractivity contribution in [2.75, 3.05) is 0 Å². The van der Waals surface area contributed by atoms with Crippen molar-refractivity contribution < 1.29 is 4.42 Å². The fourth-order valence-corrected chi connectivity index (χ4v) is 8.74. The van der Waals surface area contributed by atoms with E-state index in [4.69, 9.17) is 19.4 Å². The summed E-state index contributed by atoms with van der Waals surface area (Å²) < 4.78 is 9.41. The maximum absolute atomic E-state index is 7.00. The predicted molar refractivity (Wildman–Crippen MR) is 246 cm³/mol. The van der Waals surface area contributed by atoms with Crippen molar-refractivity contribution in [2.45, 2.75) is 0 Å². The standard InChI is InChI=1S/C55H34N4O/c1-4-14-35(15-5-1)36-26-28-37(29-27-36)43-22-12-23-45-47-32-40-20-10-11-21-41(40)33-49(47)59(51(43)45)48-25-13-24-46-44-31-30-42(34-50(44)60-52(46)48)55-57-53(38-16-6-2-7-17-38)56-54(58-55)39-18-8-3-9-19-39/h1-34H. The van der Waals surface area contributed by atoms with E-state index in [9.17, 15) is 0 Å². The van der Waals surface area contributed by atoms with Gasteiger partial charge in [0.15, 0.2) is 23.1 Å². The van der Waals surface area contributed by atoms with Crippen molar-refractivity contribution in [1.82, 2.24) is 19.5 Å². The molecule has 60 heavy (non-hydrogen) atoms. The van der Waals surface area contributed by atoms with Crippen LogP contribution in [-0.4, -0.2) is 19.5 Å². The summed E-state index contributed by atoms with van der Waals surface area (Å²) in [6.45, 7) is 0. The van der Waals surface area contributed by atoms with E-state index in [1.165, 1.54) is 32.7 Å². The van der Waals surface area contributed by atoms with Gasteiger partial charge in [-0.1, -0.05) is 176 Å². The molecule has 12 rings (SSSR count). The molecule has 0 fully saturated rings. The Morgan fingerprint density at radius 3 is 1.57 bits per heavy atom. The molecule has 0 radical (unpaired) electrons. The lowest BCUT2D eigenvalue weighted by Gasteiger charge is -2.13. The Kier molecular flexibility index (Phi) is 7.78. The molecule has 3 heterocycles. The summed E-state index contributed by atoms with van der Waals surface area (Å²) in [5.74, 6) is 1.83. The summed E-state index contributed by atoms with van der Waals surface area (Å²) in [5.41, 5.74) is 12.2. The van der Waals surface area contributed by atoms with Gasteiger partial charge < -0.3 is 8.98 Å². The van der Waals surface area contributed by atoms with Gasteiger partial charge in [0.05, 0.1) is 16.7 Å². The summed E-state index contributed by atoms with van der Waals surface area (Å²) in [7, 11) is 0. The minimum atomic E-state index is 0.586. The molecule has 0 atom stereocenters. The molecule has 0 amide bonds. The Bertz CT molecular complexity index is 3520. The van der Waals surface area contributed by atoms with Gasteiger partial charge in [-0.15, -0.1) is 0 Å². The summed E-state index contributed by atoms with van der Waals surface area (Å²) in [5, 5.41) is 6.85. The third-order valence-electron chi connectivity index (χ3n) is 11.6. The lowest BCUT2D eigenvalue weighted by molar-refractivity contribution is 0.666. The average Bonchev–Trinajstić information content (AvgIpc) is 3.86. The van der Waals surface area contributed by atoms with Gasteiger partial charge in [0, 0.05) is 43.8 Å². The second-order valence-corrected chi connectivity index (χ2v) is 15.2. The van der Waals surface area contributed by atoms with Crippen LogP contribution in [0.3, 0.4) is 0 Å². The van der Waals surface area contributed by atoms with Crippen LogP contribution in [0.2, 0.25) is 0 Å². The molecular weight excluding hydrogens is 733 g/mol.